The fourth-order valence-corrected chi connectivity index (χ4v) is 5.00. The Labute approximate surface area is 207 Å². The molecular weight excluding hydrogens is 462 g/mol. The summed E-state index contributed by atoms with van der Waals surface area (Å²) >= 11 is 1.62. The third-order valence-electron chi connectivity index (χ3n) is 5.82. The van der Waals surface area contributed by atoms with E-state index in [1.54, 1.807) is 11.3 Å². The summed E-state index contributed by atoms with van der Waals surface area (Å²) in [5.74, 6) is -0.212. The zero-order valence-corrected chi connectivity index (χ0v) is 20.5. The molecule has 182 valence electrons. The summed E-state index contributed by atoms with van der Waals surface area (Å²) < 4.78 is 2.46. The van der Waals surface area contributed by atoms with Gasteiger partial charge in [-0.15, -0.1) is 11.3 Å². The van der Waals surface area contributed by atoms with Crippen LogP contribution >= 0.6 is 11.3 Å². The zero-order chi connectivity index (χ0) is 24.8. The first-order chi connectivity index (χ1) is 17.0. The lowest BCUT2D eigenvalue weighted by Gasteiger charge is -2.25. The number of aryl methyl sites for hydroxylation is 1. The van der Waals surface area contributed by atoms with E-state index in [9.17, 15) is 14.4 Å². The number of nitrogens with two attached hydrogens (primary N) is 1. The second kappa shape index (κ2) is 11.1. The Morgan fingerprint density at radius 2 is 1.83 bits per heavy atom. The van der Waals surface area contributed by atoms with Crippen LogP contribution in [0.25, 0.3) is 10.2 Å². The van der Waals surface area contributed by atoms with E-state index in [2.05, 4.69) is 9.97 Å². The fourth-order valence-electron chi connectivity index (χ4n) is 3.99. The van der Waals surface area contributed by atoms with Gasteiger partial charge in [-0.05, 0) is 37.0 Å². The lowest BCUT2D eigenvalue weighted by Crippen LogP contribution is -2.41. The predicted molar refractivity (Wildman–Crippen MR) is 141 cm³/mol. The van der Waals surface area contributed by atoms with E-state index in [4.69, 9.17) is 5.73 Å². The Kier molecular flexibility index (Phi) is 7.77. The van der Waals surface area contributed by atoms with Crippen LogP contribution in [-0.4, -0.2) is 20.4 Å². The molecule has 0 radical (unpaired) electrons. The second-order valence-corrected chi connectivity index (χ2v) is 9.51. The molecule has 35 heavy (non-hydrogen) atoms. The van der Waals surface area contributed by atoms with E-state index < -0.39 is 11.2 Å². The van der Waals surface area contributed by atoms with E-state index in [-0.39, 0.29) is 30.4 Å². The minimum absolute atomic E-state index is 0.0163. The van der Waals surface area contributed by atoms with E-state index >= 15 is 0 Å². The topological polar surface area (TPSA) is 114 Å². The number of aromatic nitrogens is 3. The molecule has 0 spiro atoms. The van der Waals surface area contributed by atoms with Gasteiger partial charge in [-0.25, -0.2) is 9.78 Å². The van der Waals surface area contributed by atoms with Crippen molar-refractivity contribution >= 4 is 39.0 Å². The van der Waals surface area contributed by atoms with E-state index in [1.165, 1.54) is 9.47 Å². The van der Waals surface area contributed by atoms with Gasteiger partial charge < -0.3 is 10.6 Å². The molecular formula is C26H29N5O3S. The van der Waals surface area contributed by atoms with E-state index in [1.807, 2.05) is 61.5 Å². The fraction of sp³-hybridized carbons (Fsp3) is 0.308. The first-order valence-corrected chi connectivity index (χ1v) is 12.6. The molecule has 0 unspecified atom stereocenters. The maximum absolute atomic E-state index is 13.4. The second-order valence-electron chi connectivity index (χ2n) is 8.39. The third-order valence-corrected chi connectivity index (χ3v) is 6.92. The number of nitrogen functional groups attached to an aromatic ring is 1. The lowest BCUT2D eigenvalue weighted by molar-refractivity contribution is -0.118. The Balaban J connectivity index is 1.59. The molecule has 0 saturated carbocycles. The molecule has 0 saturated heterocycles. The van der Waals surface area contributed by atoms with Gasteiger partial charge >= 0.3 is 5.69 Å². The number of aromatic amines is 1. The summed E-state index contributed by atoms with van der Waals surface area (Å²) in [5, 5.41) is 0.971. The normalized spacial score (nSPS) is 11.1. The molecule has 0 fully saturated rings. The highest BCUT2D eigenvalue weighted by Gasteiger charge is 2.24. The van der Waals surface area contributed by atoms with Crippen LogP contribution in [0, 0.1) is 0 Å². The Morgan fingerprint density at radius 1 is 1.09 bits per heavy atom. The van der Waals surface area contributed by atoms with Gasteiger partial charge in [0.25, 0.3) is 5.56 Å². The largest absolute Gasteiger partial charge is 0.383 e. The van der Waals surface area contributed by atoms with Gasteiger partial charge in [0.15, 0.2) is 5.69 Å². The number of unbranched alkanes of at least 4 members (excludes halogenated alkanes) is 1. The molecule has 4 rings (SSSR count). The van der Waals surface area contributed by atoms with Crippen LogP contribution in [0.5, 0.6) is 0 Å². The van der Waals surface area contributed by atoms with Crippen LogP contribution in [0.2, 0.25) is 0 Å². The molecule has 0 aliphatic heterocycles. The Morgan fingerprint density at radius 3 is 2.57 bits per heavy atom. The summed E-state index contributed by atoms with van der Waals surface area (Å²) in [6, 6.07) is 17.4. The number of anilines is 2. The Hall–Kier alpha value is -3.72. The molecule has 4 aromatic rings. The maximum atomic E-state index is 13.4. The first kappa shape index (κ1) is 24.4. The molecule has 2 aromatic heterocycles. The molecule has 0 bridgehead atoms. The van der Waals surface area contributed by atoms with Crippen LogP contribution in [0.3, 0.4) is 0 Å². The van der Waals surface area contributed by atoms with Crippen molar-refractivity contribution in [2.45, 2.75) is 52.1 Å². The predicted octanol–water partition coefficient (Wildman–Crippen LogP) is 4.08. The molecule has 2 heterocycles. The molecule has 3 N–H and O–H groups in total. The number of thiazole rings is 1. The number of benzene rings is 2. The van der Waals surface area contributed by atoms with Crippen molar-refractivity contribution in [1.29, 1.82) is 0 Å². The van der Waals surface area contributed by atoms with Gasteiger partial charge in [-0.3, -0.25) is 19.1 Å². The van der Waals surface area contributed by atoms with Gasteiger partial charge in [0.1, 0.15) is 5.82 Å². The lowest BCUT2D eigenvalue weighted by atomic mass is 10.1. The molecule has 0 atom stereocenters. The Bertz CT molecular complexity index is 1390. The van der Waals surface area contributed by atoms with Gasteiger partial charge in [0.2, 0.25) is 5.91 Å². The first-order valence-electron chi connectivity index (χ1n) is 11.8. The van der Waals surface area contributed by atoms with Gasteiger partial charge in [-0.2, -0.15) is 0 Å². The number of H-pyrrole nitrogens is 1. The monoisotopic (exact) mass is 491 g/mol. The molecule has 1 amide bonds. The number of fused-ring (bicyclic) bond motifs is 1. The number of amides is 1. The summed E-state index contributed by atoms with van der Waals surface area (Å²) in [7, 11) is 0. The third kappa shape index (κ3) is 5.68. The maximum Gasteiger partial charge on any atom is 0.330 e. The van der Waals surface area contributed by atoms with Crippen LogP contribution in [0.1, 0.15) is 43.2 Å². The van der Waals surface area contributed by atoms with Crippen molar-refractivity contribution in [2.24, 2.45) is 0 Å². The molecule has 0 aliphatic carbocycles. The molecule has 9 heteroatoms. The van der Waals surface area contributed by atoms with Crippen LogP contribution in [0.4, 0.5) is 11.5 Å². The van der Waals surface area contributed by atoms with Gasteiger partial charge in [0.05, 0.1) is 21.8 Å². The number of carbonyl (C=O) groups excluding carboxylic acids is 1. The summed E-state index contributed by atoms with van der Waals surface area (Å²) in [6.45, 7) is 2.56. The van der Waals surface area contributed by atoms with Crippen LogP contribution in [-0.2, 0) is 24.3 Å². The standard InChI is InChI=1S/C26H29N5O3S/c1-2-3-16-30-24(27)23(25(33)29-26(30)34)31(17-18-10-5-4-6-11-18)22(32)15-9-14-21-28-19-12-7-8-13-20(19)35-21/h4-8,10-13H,2-3,9,14-17,27H2,1H3,(H,29,33,34). The average molecular weight is 492 g/mol. The number of rotatable bonds is 10. The van der Waals surface area contributed by atoms with Crippen molar-refractivity contribution in [1.82, 2.24) is 14.5 Å². The van der Waals surface area contributed by atoms with Gasteiger partial charge in [-0.1, -0.05) is 55.8 Å². The number of hydrogen-bond donors (Lipinski definition) is 2. The molecule has 0 aliphatic rings. The SMILES string of the molecule is CCCCn1c(N)c(N(Cc2ccccc2)C(=O)CCCc2nc3ccccc3s2)c(=O)[nH]c1=O. The van der Waals surface area contributed by atoms with Crippen LogP contribution in [0.15, 0.2) is 64.2 Å². The molecule has 2 aromatic carbocycles. The highest BCUT2D eigenvalue weighted by Crippen LogP contribution is 2.24. The highest BCUT2D eigenvalue weighted by molar-refractivity contribution is 7.18. The quantitative estimate of drug-likeness (QED) is 0.347. The average Bonchev–Trinajstić information content (AvgIpc) is 3.26. The zero-order valence-electron chi connectivity index (χ0n) is 19.7. The number of nitrogens with one attached hydrogen (secondary N) is 1. The number of hydrogen-bond acceptors (Lipinski definition) is 6. The van der Waals surface area contributed by atoms with E-state index in [0.29, 0.717) is 19.4 Å². The van der Waals surface area contributed by atoms with Gasteiger partial charge in [0, 0.05) is 13.0 Å². The minimum Gasteiger partial charge on any atom is -0.383 e. The summed E-state index contributed by atoms with van der Waals surface area (Å²) in [4.78, 5) is 47.1. The van der Waals surface area contributed by atoms with Crippen LogP contribution < -0.4 is 21.9 Å². The smallest absolute Gasteiger partial charge is 0.330 e. The molecule has 8 nitrogen and oxygen atoms in total. The van der Waals surface area contributed by atoms with Crippen molar-refractivity contribution in [3.05, 3.63) is 86.0 Å². The minimum atomic E-state index is -0.657. The van der Waals surface area contributed by atoms with Crippen molar-refractivity contribution in [2.75, 3.05) is 10.6 Å². The number of nitrogens with zero attached hydrogens (tertiary/aromatic N) is 3. The highest BCUT2D eigenvalue weighted by atomic mass is 32.1. The summed E-state index contributed by atoms with van der Waals surface area (Å²) in [5.41, 5.74) is 6.94. The number of para-hydroxylation sites is 1. The van der Waals surface area contributed by atoms with Crippen molar-refractivity contribution in [3.63, 3.8) is 0 Å². The number of carbonyl (C=O) groups is 1. The van der Waals surface area contributed by atoms with Crippen molar-refractivity contribution in [3.8, 4) is 0 Å². The summed E-state index contributed by atoms with van der Waals surface area (Å²) in [6.07, 6.45) is 3.04. The van der Waals surface area contributed by atoms with E-state index in [0.717, 1.165) is 33.6 Å². The van der Waals surface area contributed by atoms with Crippen molar-refractivity contribution < 1.29 is 4.79 Å².